The second-order valence-corrected chi connectivity index (χ2v) is 3.18. The molecule has 0 amide bonds. The summed E-state index contributed by atoms with van der Waals surface area (Å²) in [4.78, 5) is 10.8. The third kappa shape index (κ3) is 2.33. The Kier molecular flexibility index (Phi) is 2.91. The average Bonchev–Trinajstić information content (AvgIpc) is 2.77. The Bertz CT molecular complexity index is 538. The molecule has 0 unspecified atom stereocenters. The number of aromatic carboxylic acids is 1. The number of carboxylic acids is 1. The van der Waals surface area contributed by atoms with Gasteiger partial charge in [0.05, 0.1) is 7.11 Å². The van der Waals surface area contributed by atoms with E-state index in [1.54, 1.807) is 31.4 Å². The summed E-state index contributed by atoms with van der Waals surface area (Å²) in [6.45, 7) is 0. The molecule has 1 heterocycles. The number of hydrogen-bond donors (Lipinski definition) is 3. The van der Waals surface area contributed by atoms with Gasteiger partial charge in [0, 0.05) is 11.8 Å². The van der Waals surface area contributed by atoms with Gasteiger partial charge in [-0.25, -0.2) is 4.79 Å². The van der Waals surface area contributed by atoms with Crippen LogP contribution >= 0.6 is 0 Å². The van der Waals surface area contributed by atoms with Crippen molar-refractivity contribution in [1.82, 2.24) is 15.4 Å². The van der Waals surface area contributed by atoms with E-state index in [1.807, 2.05) is 0 Å². The van der Waals surface area contributed by atoms with E-state index in [-0.39, 0.29) is 11.5 Å². The van der Waals surface area contributed by atoms with E-state index in [0.717, 1.165) is 0 Å². The van der Waals surface area contributed by atoms with E-state index in [4.69, 9.17) is 9.84 Å². The number of nitrogens with one attached hydrogen (secondary N) is 2. The molecule has 0 aliphatic rings. The molecule has 0 saturated carbocycles. The van der Waals surface area contributed by atoms with Crippen molar-refractivity contribution in [3.05, 3.63) is 30.0 Å². The highest BCUT2D eigenvalue weighted by atomic mass is 16.5. The van der Waals surface area contributed by atoms with E-state index in [1.165, 1.54) is 0 Å². The molecule has 0 aliphatic carbocycles. The van der Waals surface area contributed by atoms with Crippen molar-refractivity contribution in [2.75, 3.05) is 12.4 Å². The molecule has 3 N–H and O–H groups in total. The van der Waals surface area contributed by atoms with Gasteiger partial charge in [0.15, 0.2) is 5.82 Å². The predicted molar refractivity (Wildman–Crippen MR) is 59.6 cm³/mol. The summed E-state index contributed by atoms with van der Waals surface area (Å²) in [5, 5.41) is 21.2. The SMILES string of the molecule is COc1cccc(Nc2n[nH]nc2C(=O)O)c1. The Morgan fingerprint density at radius 3 is 3.00 bits per heavy atom. The van der Waals surface area contributed by atoms with Gasteiger partial charge in [0.1, 0.15) is 5.75 Å². The molecule has 0 atom stereocenters. The fraction of sp³-hybridized carbons (Fsp3) is 0.100. The third-order valence-corrected chi connectivity index (χ3v) is 2.08. The number of carboxylic acid groups (broad SMARTS) is 1. The van der Waals surface area contributed by atoms with Crippen LogP contribution in [0.3, 0.4) is 0 Å². The normalized spacial score (nSPS) is 9.94. The van der Waals surface area contributed by atoms with Crippen molar-refractivity contribution >= 4 is 17.5 Å². The largest absolute Gasteiger partial charge is 0.497 e. The Hall–Kier alpha value is -2.57. The van der Waals surface area contributed by atoms with Gasteiger partial charge in [-0.3, -0.25) is 0 Å². The number of carbonyl (C=O) groups is 1. The molecule has 7 heteroatoms. The molecule has 0 aliphatic heterocycles. The molecule has 1 aromatic heterocycles. The minimum atomic E-state index is -1.15. The molecule has 17 heavy (non-hydrogen) atoms. The lowest BCUT2D eigenvalue weighted by molar-refractivity contribution is 0.0691. The van der Waals surface area contributed by atoms with Crippen molar-refractivity contribution in [2.24, 2.45) is 0 Å². The van der Waals surface area contributed by atoms with Crippen LogP contribution in [-0.2, 0) is 0 Å². The van der Waals surface area contributed by atoms with E-state index in [9.17, 15) is 4.79 Å². The lowest BCUT2D eigenvalue weighted by atomic mass is 10.3. The summed E-state index contributed by atoms with van der Waals surface area (Å²) in [6, 6.07) is 7.05. The first-order valence-electron chi connectivity index (χ1n) is 4.76. The first kappa shape index (κ1) is 10.9. The smallest absolute Gasteiger partial charge is 0.360 e. The van der Waals surface area contributed by atoms with E-state index in [2.05, 4.69) is 20.7 Å². The molecule has 2 rings (SSSR count). The fourth-order valence-corrected chi connectivity index (χ4v) is 1.30. The highest BCUT2D eigenvalue weighted by Gasteiger charge is 2.15. The van der Waals surface area contributed by atoms with Gasteiger partial charge in [0.2, 0.25) is 5.69 Å². The van der Waals surface area contributed by atoms with Crippen molar-refractivity contribution < 1.29 is 14.6 Å². The molecule has 0 spiro atoms. The number of benzene rings is 1. The lowest BCUT2D eigenvalue weighted by Gasteiger charge is -2.05. The maximum atomic E-state index is 10.8. The van der Waals surface area contributed by atoms with Crippen LogP contribution < -0.4 is 10.1 Å². The van der Waals surface area contributed by atoms with Crippen LogP contribution in [0.1, 0.15) is 10.5 Å². The fourth-order valence-electron chi connectivity index (χ4n) is 1.30. The monoisotopic (exact) mass is 234 g/mol. The van der Waals surface area contributed by atoms with Crippen LogP contribution in [0.5, 0.6) is 5.75 Å². The number of aromatic amines is 1. The number of H-pyrrole nitrogens is 1. The molecule has 7 nitrogen and oxygen atoms in total. The molecule has 2 aromatic rings. The quantitative estimate of drug-likeness (QED) is 0.736. The van der Waals surface area contributed by atoms with Gasteiger partial charge in [-0.2, -0.15) is 5.21 Å². The zero-order valence-electron chi connectivity index (χ0n) is 8.97. The predicted octanol–water partition coefficient (Wildman–Crippen LogP) is 1.26. The summed E-state index contributed by atoms with van der Waals surface area (Å²) < 4.78 is 5.05. The van der Waals surface area contributed by atoms with E-state index >= 15 is 0 Å². The number of methoxy groups -OCH3 is 1. The number of rotatable bonds is 4. The molecular weight excluding hydrogens is 224 g/mol. The number of anilines is 2. The van der Waals surface area contributed by atoms with Crippen molar-refractivity contribution in [1.29, 1.82) is 0 Å². The van der Waals surface area contributed by atoms with Crippen molar-refractivity contribution in [3.63, 3.8) is 0 Å². The maximum Gasteiger partial charge on any atom is 0.360 e. The first-order valence-corrected chi connectivity index (χ1v) is 4.76. The van der Waals surface area contributed by atoms with Crippen LogP contribution in [0.15, 0.2) is 24.3 Å². The Morgan fingerprint density at radius 1 is 1.47 bits per heavy atom. The standard InChI is InChI=1S/C10H10N4O3/c1-17-7-4-2-3-6(5-7)11-9-8(10(15)16)12-14-13-9/h2-5H,1H3,(H,15,16)(H2,11,12,13,14). The van der Waals surface area contributed by atoms with Crippen molar-refractivity contribution in [3.8, 4) is 5.75 Å². The molecular formula is C10H10N4O3. The number of nitrogens with zero attached hydrogens (tertiary/aromatic N) is 2. The van der Waals surface area contributed by atoms with Crippen LogP contribution in [0, 0.1) is 0 Å². The zero-order chi connectivity index (χ0) is 12.3. The summed E-state index contributed by atoms with van der Waals surface area (Å²) in [6.07, 6.45) is 0. The minimum absolute atomic E-state index is 0.158. The second-order valence-electron chi connectivity index (χ2n) is 3.18. The van der Waals surface area contributed by atoms with E-state index in [0.29, 0.717) is 11.4 Å². The lowest BCUT2D eigenvalue weighted by Crippen LogP contribution is -2.02. The van der Waals surface area contributed by atoms with Gasteiger partial charge in [-0.05, 0) is 12.1 Å². The Labute approximate surface area is 96.4 Å². The number of aromatic nitrogens is 3. The second kappa shape index (κ2) is 4.52. The number of ether oxygens (including phenoxy) is 1. The molecule has 0 radical (unpaired) electrons. The number of hydrogen-bond acceptors (Lipinski definition) is 5. The van der Waals surface area contributed by atoms with Crippen LogP contribution in [0.25, 0.3) is 0 Å². The third-order valence-electron chi connectivity index (χ3n) is 2.08. The van der Waals surface area contributed by atoms with Gasteiger partial charge in [0.25, 0.3) is 0 Å². The topological polar surface area (TPSA) is 100 Å². The molecule has 0 bridgehead atoms. The molecule has 0 fully saturated rings. The summed E-state index contributed by atoms with van der Waals surface area (Å²) >= 11 is 0. The van der Waals surface area contributed by atoms with Gasteiger partial charge < -0.3 is 15.2 Å². The van der Waals surface area contributed by atoms with Crippen LogP contribution in [0.2, 0.25) is 0 Å². The average molecular weight is 234 g/mol. The van der Waals surface area contributed by atoms with Gasteiger partial charge in [-0.1, -0.05) is 6.07 Å². The summed E-state index contributed by atoms with van der Waals surface area (Å²) in [5.41, 5.74) is 0.508. The van der Waals surface area contributed by atoms with Crippen LogP contribution in [0.4, 0.5) is 11.5 Å². The van der Waals surface area contributed by atoms with Gasteiger partial charge in [-0.15, -0.1) is 10.2 Å². The molecule has 88 valence electrons. The minimum Gasteiger partial charge on any atom is -0.497 e. The first-order chi connectivity index (χ1) is 8.20. The molecule has 1 aromatic carbocycles. The zero-order valence-corrected chi connectivity index (χ0v) is 8.97. The summed E-state index contributed by atoms with van der Waals surface area (Å²) in [7, 11) is 1.55. The highest BCUT2D eigenvalue weighted by molar-refractivity contribution is 5.91. The van der Waals surface area contributed by atoms with Crippen LogP contribution in [-0.4, -0.2) is 33.6 Å². The van der Waals surface area contributed by atoms with Gasteiger partial charge >= 0.3 is 5.97 Å². The summed E-state index contributed by atoms with van der Waals surface area (Å²) in [5.74, 6) is -0.328. The Morgan fingerprint density at radius 2 is 2.29 bits per heavy atom. The Balaban J connectivity index is 2.25. The molecule has 0 saturated heterocycles. The van der Waals surface area contributed by atoms with E-state index < -0.39 is 5.97 Å². The highest BCUT2D eigenvalue weighted by Crippen LogP contribution is 2.21. The van der Waals surface area contributed by atoms with Crippen molar-refractivity contribution in [2.45, 2.75) is 0 Å². The maximum absolute atomic E-state index is 10.8.